The van der Waals surface area contributed by atoms with Crippen LogP contribution in [0.25, 0.3) is 0 Å². The predicted octanol–water partition coefficient (Wildman–Crippen LogP) is 4.77. The maximum absolute atomic E-state index is 13.7. The molecule has 0 aliphatic carbocycles. The van der Waals surface area contributed by atoms with E-state index in [0.29, 0.717) is 31.0 Å². The molecule has 8 nitrogen and oxygen atoms in total. The minimum absolute atomic E-state index is 0.0732. The second kappa shape index (κ2) is 11.7. The minimum Gasteiger partial charge on any atom is -0.492 e. The third-order valence-electron chi connectivity index (χ3n) is 5.90. The molecule has 1 aliphatic heterocycles. The fourth-order valence-electron chi connectivity index (χ4n) is 4.09. The second-order valence-electron chi connectivity index (χ2n) is 8.33. The topological polar surface area (TPSA) is 96.0 Å². The number of hydrogen-bond donors (Lipinski definition) is 1. The lowest BCUT2D eigenvalue weighted by Gasteiger charge is -2.26. The number of para-hydroxylation sites is 2. The number of carbonyl (C=O) groups excluding carboxylic acids is 2. The molecule has 0 saturated carbocycles. The zero-order valence-corrected chi connectivity index (χ0v) is 22.3. The lowest BCUT2D eigenvalue weighted by Crippen LogP contribution is -2.38. The number of hydrogen-bond acceptors (Lipinski definition) is 6. The second-order valence-corrected chi connectivity index (χ2v) is 11.1. The summed E-state index contributed by atoms with van der Waals surface area (Å²) in [6.45, 7) is 2.37. The average Bonchev–Trinajstić information content (AvgIpc) is 3.34. The molecule has 0 atom stereocenters. The molecule has 10 heteroatoms. The van der Waals surface area contributed by atoms with Crippen molar-refractivity contribution in [3.8, 4) is 5.75 Å². The number of nitrogens with one attached hydrogen (secondary N) is 1. The average molecular weight is 540 g/mol. The Bertz CT molecular complexity index is 1360. The van der Waals surface area contributed by atoms with Crippen LogP contribution in [0.1, 0.15) is 19.8 Å². The summed E-state index contributed by atoms with van der Waals surface area (Å²) < 4.78 is 34.2. The van der Waals surface area contributed by atoms with E-state index in [1.165, 1.54) is 23.9 Å². The Labute approximate surface area is 221 Å². The van der Waals surface area contributed by atoms with Gasteiger partial charge in [0, 0.05) is 29.2 Å². The Morgan fingerprint density at radius 2 is 1.76 bits per heavy atom. The van der Waals surface area contributed by atoms with Crippen LogP contribution in [-0.4, -0.2) is 46.2 Å². The first-order valence-corrected chi connectivity index (χ1v) is 14.6. The molecule has 3 aromatic carbocycles. The molecule has 3 aromatic rings. The predicted molar refractivity (Wildman–Crippen MR) is 147 cm³/mol. The maximum Gasteiger partial charge on any atom is 0.264 e. The molecule has 2 amide bonds. The first kappa shape index (κ1) is 26.6. The fraction of sp³-hybridized carbons (Fsp3) is 0.259. The smallest absolute Gasteiger partial charge is 0.264 e. The van der Waals surface area contributed by atoms with Gasteiger partial charge in [-0.15, -0.1) is 11.8 Å². The van der Waals surface area contributed by atoms with Gasteiger partial charge in [-0.2, -0.15) is 0 Å². The summed E-state index contributed by atoms with van der Waals surface area (Å²) in [5.74, 6) is -0.0708. The molecular formula is C27H29N3O5S2. The van der Waals surface area contributed by atoms with Crippen LogP contribution in [0.15, 0.2) is 82.6 Å². The zero-order valence-electron chi connectivity index (χ0n) is 20.7. The molecule has 37 heavy (non-hydrogen) atoms. The van der Waals surface area contributed by atoms with E-state index >= 15 is 0 Å². The number of rotatable bonds is 10. The van der Waals surface area contributed by atoms with Crippen LogP contribution >= 0.6 is 11.8 Å². The highest BCUT2D eigenvalue weighted by Gasteiger charge is 2.29. The standard InChI is InChI=1S/C27H29N3O5S2/c1-3-35-25-8-5-4-7-24(25)30(37(33,34)23-16-14-22(36-2)15-17-23)19-26(31)28-20-10-12-21(13-11-20)29-18-6-9-27(29)32/h4-5,7-8,10-17H,3,6,9,18-19H2,1-2H3,(H,28,31). The van der Waals surface area contributed by atoms with E-state index in [9.17, 15) is 18.0 Å². The van der Waals surface area contributed by atoms with Gasteiger partial charge < -0.3 is 15.0 Å². The van der Waals surface area contributed by atoms with Crippen LogP contribution in [0.3, 0.4) is 0 Å². The Morgan fingerprint density at radius 3 is 2.38 bits per heavy atom. The number of amides is 2. The summed E-state index contributed by atoms with van der Waals surface area (Å²) in [5, 5.41) is 2.77. The highest BCUT2D eigenvalue weighted by atomic mass is 32.2. The largest absolute Gasteiger partial charge is 0.492 e. The van der Waals surface area contributed by atoms with E-state index in [4.69, 9.17) is 4.74 Å². The third-order valence-corrected chi connectivity index (χ3v) is 8.42. The van der Waals surface area contributed by atoms with E-state index in [1.54, 1.807) is 65.6 Å². The number of thioether (sulfide) groups is 1. The SMILES string of the molecule is CCOc1ccccc1N(CC(=O)Nc1ccc(N2CCCC2=O)cc1)S(=O)(=O)c1ccc(SC)cc1. The van der Waals surface area contributed by atoms with Crippen molar-refractivity contribution in [3.63, 3.8) is 0 Å². The van der Waals surface area contributed by atoms with E-state index in [1.807, 2.05) is 13.2 Å². The van der Waals surface area contributed by atoms with Crippen LogP contribution in [0.4, 0.5) is 17.1 Å². The molecule has 1 aliphatic rings. The molecule has 0 unspecified atom stereocenters. The van der Waals surface area contributed by atoms with Gasteiger partial charge in [0.2, 0.25) is 11.8 Å². The van der Waals surface area contributed by atoms with Crippen molar-refractivity contribution in [2.24, 2.45) is 0 Å². The number of anilines is 3. The van der Waals surface area contributed by atoms with Crippen LogP contribution < -0.4 is 19.3 Å². The summed E-state index contributed by atoms with van der Waals surface area (Å²) in [4.78, 5) is 27.8. The van der Waals surface area contributed by atoms with Gasteiger partial charge in [-0.05, 0) is 80.3 Å². The van der Waals surface area contributed by atoms with Gasteiger partial charge in [0.05, 0.1) is 17.2 Å². The van der Waals surface area contributed by atoms with E-state index in [-0.39, 0.29) is 16.5 Å². The van der Waals surface area contributed by atoms with Gasteiger partial charge in [0.1, 0.15) is 12.3 Å². The Balaban J connectivity index is 1.60. The molecule has 0 spiro atoms. The van der Waals surface area contributed by atoms with Crippen molar-refractivity contribution < 1.29 is 22.7 Å². The fourth-order valence-corrected chi connectivity index (χ4v) is 5.93. The van der Waals surface area contributed by atoms with Gasteiger partial charge in [-0.1, -0.05) is 12.1 Å². The molecule has 0 bridgehead atoms. The van der Waals surface area contributed by atoms with E-state index in [0.717, 1.165) is 21.3 Å². The van der Waals surface area contributed by atoms with Crippen LogP contribution in [0, 0.1) is 0 Å². The Hall–Kier alpha value is -3.50. The quantitative estimate of drug-likeness (QED) is 0.373. The van der Waals surface area contributed by atoms with Crippen LogP contribution in [-0.2, 0) is 19.6 Å². The number of benzene rings is 3. The van der Waals surface area contributed by atoms with Crippen molar-refractivity contribution in [3.05, 3.63) is 72.8 Å². The zero-order chi connectivity index (χ0) is 26.4. The van der Waals surface area contributed by atoms with Gasteiger partial charge in [0.25, 0.3) is 10.0 Å². The van der Waals surface area contributed by atoms with Gasteiger partial charge in [0.15, 0.2) is 0 Å². The minimum atomic E-state index is -4.09. The summed E-state index contributed by atoms with van der Waals surface area (Å²) in [5.41, 5.74) is 1.54. The number of ether oxygens (including phenoxy) is 1. The highest BCUT2D eigenvalue weighted by Crippen LogP contribution is 2.33. The van der Waals surface area contributed by atoms with Crippen molar-refractivity contribution in [2.45, 2.75) is 29.6 Å². The van der Waals surface area contributed by atoms with E-state index in [2.05, 4.69) is 5.32 Å². The van der Waals surface area contributed by atoms with Gasteiger partial charge in [-0.3, -0.25) is 13.9 Å². The number of sulfonamides is 1. The molecule has 1 heterocycles. The van der Waals surface area contributed by atoms with Crippen molar-refractivity contribution in [1.82, 2.24) is 0 Å². The monoisotopic (exact) mass is 539 g/mol. The molecule has 1 N–H and O–H groups in total. The molecule has 1 saturated heterocycles. The highest BCUT2D eigenvalue weighted by molar-refractivity contribution is 7.98. The molecule has 194 valence electrons. The molecule has 1 fully saturated rings. The molecule has 0 aromatic heterocycles. The number of nitrogens with zero attached hydrogens (tertiary/aromatic N) is 2. The maximum atomic E-state index is 13.7. The summed E-state index contributed by atoms with van der Waals surface area (Å²) in [6, 6.07) is 20.2. The summed E-state index contributed by atoms with van der Waals surface area (Å²) in [6.07, 6.45) is 3.27. The van der Waals surface area contributed by atoms with Gasteiger partial charge in [-0.25, -0.2) is 8.42 Å². The Morgan fingerprint density at radius 1 is 1.05 bits per heavy atom. The first-order valence-electron chi connectivity index (χ1n) is 11.9. The molecule has 0 radical (unpaired) electrons. The summed E-state index contributed by atoms with van der Waals surface area (Å²) in [7, 11) is -4.09. The normalized spacial score (nSPS) is 13.5. The lowest BCUT2D eigenvalue weighted by atomic mass is 10.2. The number of carbonyl (C=O) groups is 2. The van der Waals surface area contributed by atoms with Crippen LogP contribution in [0.2, 0.25) is 0 Å². The van der Waals surface area contributed by atoms with Crippen LogP contribution in [0.5, 0.6) is 5.75 Å². The summed E-state index contributed by atoms with van der Waals surface area (Å²) >= 11 is 1.51. The first-order chi connectivity index (χ1) is 17.8. The van der Waals surface area contributed by atoms with Crippen molar-refractivity contribution >= 4 is 50.7 Å². The van der Waals surface area contributed by atoms with Crippen molar-refractivity contribution in [1.29, 1.82) is 0 Å². The molecular weight excluding hydrogens is 510 g/mol. The van der Waals surface area contributed by atoms with E-state index < -0.39 is 22.5 Å². The lowest BCUT2D eigenvalue weighted by molar-refractivity contribution is -0.117. The van der Waals surface area contributed by atoms with Gasteiger partial charge >= 0.3 is 0 Å². The van der Waals surface area contributed by atoms with Crippen molar-refractivity contribution in [2.75, 3.05) is 40.5 Å². The molecule has 4 rings (SSSR count). The Kier molecular flexibility index (Phi) is 8.40. The third kappa shape index (κ3) is 6.08.